The zero-order chi connectivity index (χ0) is 20.3. The van der Waals surface area contributed by atoms with Crippen LogP contribution in [0.5, 0.6) is 0 Å². The Bertz CT molecular complexity index is 940. The van der Waals surface area contributed by atoms with Gasteiger partial charge in [0.05, 0.1) is 20.7 Å². The summed E-state index contributed by atoms with van der Waals surface area (Å²) in [6.45, 7) is 2.26. The number of likely N-dealkylation sites (N-methyl/N-ethyl adjacent to an activating group) is 1. The Morgan fingerprint density at radius 1 is 0.966 bits per heavy atom. The van der Waals surface area contributed by atoms with Crippen molar-refractivity contribution in [1.82, 2.24) is 0 Å². The van der Waals surface area contributed by atoms with Gasteiger partial charge in [-0.2, -0.15) is 0 Å². The second-order valence-corrected chi connectivity index (χ2v) is 9.24. The maximum absolute atomic E-state index is 13.5. The quantitative estimate of drug-likeness (QED) is 0.476. The first-order valence-electron chi connectivity index (χ1n) is 9.99. The first-order chi connectivity index (χ1) is 14.0. The fourth-order valence-corrected chi connectivity index (χ4v) is 4.97. The minimum Gasteiger partial charge on any atom is -0.363 e. The highest BCUT2D eigenvalue weighted by Crippen LogP contribution is 2.41. The SMILES string of the molecule is C[N+](C)(CCOC1c2ccccc2CSc2ccccc21)Cc1cccc(F)c1. The Labute approximate surface area is 176 Å². The lowest BCUT2D eigenvalue weighted by molar-refractivity contribution is -0.904. The third kappa shape index (κ3) is 4.89. The van der Waals surface area contributed by atoms with Crippen LogP contribution in [0.15, 0.2) is 77.7 Å². The van der Waals surface area contributed by atoms with Crippen LogP contribution < -0.4 is 0 Å². The van der Waals surface area contributed by atoms with E-state index in [1.54, 1.807) is 12.1 Å². The van der Waals surface area contributed by atoms with E-state index >= 15 is 0 Å². The smallest absolute Gasteiger partial charge is 0.123 e. The summed E-state index contributed by atoms with van der Waals surface area (Å²) >= 11 is 1.88. The fourth-order valence-electron chi connectivity index (χ4n) is 3.88. The average Bonchev–Trinajstić information content (AvgIpc) is 2.85. The Morgan fingerprint density at radius 3 is 2.55 bits per heavy atom. The molecule has 3 aromatic rings. The number of hydrogen-bond donors (Lipinski definition) is 0. The summed E-state index contributed by atoms with van der Waals surface area (Å²) < 4.78 is 20.8. The molecular formula is C25H27FNOS+. The highest BCUT2D eigenvalue weighted by atomic mass is 32.2. The van der Waals surface area contributed by atoms with Crippen LogP contribution >= 0.6 is 11.8 Å². The summed E-state index contributed by atoms with van der Waals surface area (Å²) in [5, 5.41) is 0. The van der Waals surface area contributed by atoms with E-state index in [0.29, 0.717) is 6.61 Å². The van der Waals surface area contributed by atoms with Gasteiger partial charge in [-0.1, -0.05) is 54.6 Å². The summed E-state index contributed by atoms with van der Waals surface area (Å²) in [5.41, 5.74) is 4.86. The highest BCUT2D eigenvalue weighted by molar-refractivity contribution is 7.98. The van der Waals surface area contributed by atoms with Gasteiger partial charge >= 0.3 is 0 Å². The molecule has 29 heavy (non-hydrogen) atoms. The van der Waals surface area contributed by atoms with E-state index in [0.717, 1.165) is 28.9 Å². The van der Waals surface area contributed by atoms with Crippen LogP contribution in [0.3, 0.4) is 0 Å². The van der Waals surface area contributed by atoms with Gasteiger partial charge in [-0.15, -0.1) is 11.8 Å². The molecule has 0 aromatic heterocycles. The van der Waals surface area contributed by atoms with Crippen LogP contribution in [0.1, 0.15) is 28.4 Å². The molecule has 1 aliphatic rings. The lowest BCUT2D eigenvalue weighted by atomic mass is 9.97. The van der Waals surface area contributed by atoms with Crippen molar-refractivity contribution in [2.24, 2.45) is 0 Å². The second kappa shape index (κ2) is 8.70. The fraction of sp³-hybridized carbons (Fsp3) is 0.280. The number of ether oxygens (including phenoxy) is 1. The van der Waals surface area contributed by atoms with Crippen molar-refractivity contribution in [3.05, 3.63) is 101 Å². The molecule has 1 unspecified atom stereocenters. The number of halogens is 1. The lowest BCUT2D eigenvalue weighted by Crippen LogP contribution is -2.41. The van der Waals surface area contributed by atoms with Crippen molar-refractivity contribution in [3.63, 3.8) is 0 Å². The summed E-state index contributed by atoms with van der Waals surface area (Å²) in [5.74, 6) is 0.789. The van der Waals surface area contributed by atoms with Gasteiger partial charge in [-0.3, -0.25) is 0 Å². The van der Waals surface area contributed by atoms with Crippen molar-refractivity contribution >= 4 is 11.8 Å². The zero-order valence-electron chi connectivity index (χ0n) is 17.0. The summed E-state index contributed by atoms with van der Waals surface area (Å²) in [4.78, 5) is 1.29. The molecule has 3 aromatic carbocycles. The van der Waals surface area contributed by atoms with E-state index in [4.69, 9.17) is 4.74 Å². The lowest BCUT2D eigenvalue weighted by Gasteiger charge is -2.31. The molecule has 2 nitrogen and oxygen atoms in total. The van der Waals surface area contributed by atoms with E-state index in [-0.39, 0.29) is 11.9 Å². The molecular weight excluding hydrogens is 381 g/mol. The Hall–Kier alpha value is -2.14. The van der Waals surface area contributed by atoms with Crippen LogP contribution in [0, 0.1) is 5.82 Å². The van der Waals surface area contributed by atoms with Gasteiger partial charge in [0.15, 0.2) is 0 Å². The van der Waals surface area contributed by atoms with Crippen LogP contribution in [0.4, 0.5) is 4.39 Å². The predicted octanol–water partition coefficient (Wildman–Crippen LogP) is 5.81. The van der Waals surface area contributed by atoms with E-state index in [1.165, 1.54) is 27.7 Å². The van der Waals surface area contributed by atoms with Gasteiger partial charge in [0, 0.05) is 16.2 Å². The van der Waals surface area contributed by atoms with Crippen LogP contribution in [0.25, 0.3) is 0 Å². The highest BCUT2D eigenvalue weighted by Gasteiger charge is 2.25. The van der Waals surface area contributed by atoms with E-state index in [9.17, 15) is 4.39 Å². The molecule has 0 aliphatic carbocycles. The van der Waals surface area contributed by atoms with Crippen molar-refractivity contribution < 1.29 is 13.6 Å². The number of hydrogen-bond acceptors (Lipinski definition) is 2. The molecule has 1 atom stereocenters. The van der Waals surface area contributed by atoms with Crippen LogP contribution in [-0.2, 0) is 17.0 Å². The van der Waals surface area contributed by atoms with Crippen molar-refractivity contribution in [2.45, 2.75) is 23.3 Å². The number of fused-ring (bicyclic) bond motifs is 2. The minimum absolute atomic E-state index is 0.0495. The van der Waals surface area contributed by atoms with Crippen molar-refractivity contribution in [1.29, 1.82) is 0 Å². The topological polar surface area (TPSA) is 9.23 Å². The maximum Gasteiger partial charge on any atom is 0.123 e. The third-order valence-corrected chi connectivity index (χ3v) is 6.54. The molecule has 0 N–H and O–H groups in total. The summed E-state index contributed by atoms with van der Waals surface area (Å²) in [6, 6.07) is 24.0. The molecule has 0 spiro atoms. The van der Waals surface area contributed by atoms with E-state index in [1.807, 2.05) is 17.8 Å². The molecule has 0 radical (unpaired) electrons. The summed E-state index contributed by atoms with van der Waals surface area (Å²) in [7, 11) is 4.33. The molecule has 0 fully saturated rings. The largest absolute Gasteiger partial charge is 0.363 e. The first-order valence-corrected chi connectivity index (χ1v) is 11.0. The molecule has 4 heteroatoms. The maximum atomic E-state index is 13.5. The van der Waals surface area contributed by atoms with E-state index < -0.39 is 0 Å². The number of nitrogens with zero attached hydrogens (tertiary/aromatic N) is 1. The first kappa shape index (κ1) is 20.1. The zero-order valence-corrected chi connectivity index (χ0v) is 17.8. The van der Waals surface area contributed by atoms with E-state index in [2.05, 4.69) is 62.6 Å². The van der Waals surface area contributed by atoms with Crippen LogP contribution in [0.2, 0.25) is 0 Å². The number of rotatable bonds is 6. The Kier molecular flexibility index (Phi) is 6.04. The van der Waals surface area contributed by atoms with Crippen molar-refractivity contribution in [3.8, 4) is 0 Å². The predicted molar refractivity (Wildman–Crippen MR) is 117 cm³/mol. The molecule has 0 saturated heterocycles. The molecule has 1 heterocycles. The molecule has 0 bridgehead atoms. The Balaban J connectivity index is 1.49. The normalized spacial score (nSPS) is 16.0. The molecule has 0 amide bonds. The van der Waals surface area contributed by atoms with Gasteiger partial charge in [-0.25, -0.2) is 4.39 Å². The van der Waals surface area contributed by atoms with Gasteiger partial charge in [-0.05, 0) is 34.9 Å². The molecule has 150 valence electrons. The Morgan fingerprint density at radius 2 is 1.72 bits per heavy atom. The second-order valence-electron chi connectivity index (χ2n) is 8.22. The monoisotopic (exact) mass is 408 g/mol. The average molecular weight is 409 g/mol. The summed E-state index contributed by atoms with van der Waals surface area (Å²) in [6.07, 6.45) is -0.0495. The minimum atomic E-state index is -0.178. The van der Waals surface area contributed by atoms with Gasteiger partial charge < -0.3 is 9.22 Å². The van der Waals surface area contributed by atoms with Crippen LogP contribution in [-0.4, -0.2) is 31.7 Å². The molecule has 1 aliphatic heterocycles. The van der Waals surface area contributed by atoms with Gasteiger partial charge in [0.1, 0.15) is 25.0 Å². The van der Waals surface area contributed by atoms with Crippen molar-refractivity contribution in [2.75, 3.05) is 27.2 Å². The number of quaternary nitrogens is 1. The molecule has 4 rings (SSSR count). The number of benzene rings is 3. The number of thioether (sulfide) groups is 1. The third-order valence-electron chi connectivity index (χ3n) is 5.40. The standard InChI is InChI=1S/C25H27FNOS/c1-27(2,17-19-8-7-10-21(26)16-19)14-15-28-25-22-11-4-3-9-20(22)18-29-24-13-6-5-12-23(24)25/h3-13,16,25H,14-15,17-18H2,1-2H3/q+1. The van der Waals surface area contributed by atoms with Gasteiger partial charge in [0.2, 0.25) is 0 Å². The van der Waals surface area contributed by atoms with Gasteiger partial charge in [0.25, 0.3) is 0 Å². The molecule has 0 saturated carbocycles.